The van der Waals surface area contributed by atoms with E-state index >= 15 is 0 Å². The van der Waals surface area contributed by atoms with Crippen molar-refractivity contribution in [3.05, 3.63) is 15.6 Å². The number of nitrogens with zero attached hydrogens (tertiary/aromatic N) is 1. The summed E-state index contributed by atoms with van der Waals surface area (Å²) < 4.78 is 0. The molecular formula is C15H26N2OS. The van der Waals surface area contributed by atoms with Gasteiger partial charge in [-0.15, -0.1) is 11.3 Å². The molecule has 2 rings (SSSR count). The van der Waals surface area contributed by atoms with Crippen LogP contribution in [-0.2, 0) is 19.4 Å². The third kappa shape index (κ3) is 4.01. The first kappa shape index (κ1) is 14.9. The van der Waals surface area contributed by atoms with Crippen LogP contribution in [0.4, 0.5) is 0 Å². The molecule has 108 valence electrons. The van der Waals surface area contributed by atoms with E-state index < -0.39 is 5.60 Å². The molecule has 0 amide bonds. The van der Waals surface area contributed by atoms with E-state index in [1.807, 2.05) is 11.3 Å². The molecule has 0 aliphatic heterocycles. The lowest BCUT2D eigenvalue weighted by Gasteiger charge is -2.27. The first-order valence-corrected chi connectivity index (χ1v) is 8.39. The van der Waals surface area contributed by atoms with Gasteiger partial charge in [-0.1, -0.05) is 26.7 Å². The molecule has 0 saturated carbocycles. The maximum atomic E-state index is 10.5. The van der Waals surface area contributed by atoms with Gasteiger partial charge in [-0.05, 0) is 32.1 Å². The van der Waals surface area contributed by atoms with Crippen molar-refractivity contribution in [3.63, 3.8) is 0 Å². The minimum atomic E-state index is -0.538. The number of aliphatic hydroxyl groups is 1. The van der Waals surface area contributed by atoms with E-state index in [2.05, 4.69) is 24.1 Å². The summed E-state index contributed by atoms with van der Waals surface area (Å²) in [6.07, 6.45) is 7.45. The predicted molar refractivity (Wildman–Crippen MR) is 80.6 cm³/mol. The number of thiazole rings is 1. The van der Waals surface area contributed by atoms with Gasteiger partial charge in [0.1, 0.15) is 5.01 Å². The zero-order valence-corrected chi connectivity index (χ0v) is 13.0. The minimum absolute atomic E-state index is 0.538. The van der Waals surface area contributed by atoms with Crippen molar-refractivity contribution in [3.8, 4) is 0 Å². The first-order valence-electron chi connectivity index (χ1n) is 7.57. The van der Waals surface area contributed by atoms with Crippen LogP contribution in [0.15, 0.2) is 0 Å². The highest BCUT2D eigenvalue weighted by atomic mass is 32.1. The molecule has 3 nitrogen and oxygen atoms in total. The molecule has 0 atom stereocenters. The van der Waals surface area contributed by atoms with Crippen molar-refractivity contribution < 1.29 is 5.11 Å². The Labute approximate surface area is 120 Å². The van der Waals surface area contributed by atoms with Crippen LogP contribution < -0.4 is 5.32 Å². The second-order valence-electron chi connectivity index (χ2n) is 5.66. The molecule has 1 aromatic heterocycles. The molecule has 0 aromatic carbocycles. The zero-order chi connectivity index (χ0) is 13.7. The molecule has 4 heteroatoms. The molecule has 0 bridgehead atoms. The molecule has 1 aromatic rings. The van der Waals surface area contributed by atoms with E-state index in [9.17, 15) is 5.11 Å². The van der Waals surface area contributed by atoms with Gasteiger partial charge in [0.15, 0.2) is 0 Å². The Morgan fingerprint density at radius 1 is 1.26 bits per heavy atom. The molecule has 0 saturated heterocycles. The van der Waals surface area contributed by atoms with Crippen LogP contribution in [0.25, 0.3) is 0 Å². The summed E-state index contributed by atoms with van der Waals surface area (Å²) in [5.74, 6) is 0. The Morgan fingerprint density at radius 2 is 2.00 bits per heavy atom. The lowest BCUT2D eigenvalue weighted by Crippen LogP contribution is -2.40. The van der Waals surface area contributed by atoms with Gasteiger partial charge in [0.05, 0.1) is 11.3 Å². The number of fused-ring (bicyclic) bond motifs is 1. The molecule has 1 heterocycles. The van der Waals surface area contributed by atoms with Crippen LogP contribution in [0.1, 0.15) is 61.5 Å². The summed E-state index contributed by atoms with van der Waals surface area (Å²) in [4.78, 5) is 6.16. The average molecular weight is 282 g/mol. The normalized spacial score (nSPS) is 14.9. The van der Waals surface area contributed by atoms with Gasteiger partial charge in [0.2, 0.25) is 0 Å². The maximum Gasteiger partial charge on any atom is 0.107 e. The topological polar surface area (TPSA) is 45.1 Å². The second-order valence-corrected chi connectivity index (χ2v) is 6.83. The van der Waals surface area contributed by atoms with Crippen molar-refractivity contribution in [2.24, 2.45) is 0 Å². The summed E-state index contributed by atoms with van der Waals surface area (Å²) >= 11 is 1.84. The van der Waals surface area contributed by atoms with E-state index in [1.165, 1.54) is 28.4 Å². The Morgan fingerprint density at radius 3 is 2.63 bits per heavy atom. The number of aromatic nitrogens is 1. The molecule has 0 unspecified atom stereocenters. The van der Waals surface area contributed by atoms with Gasteiger partial charge in [-0.2, -0.15) is 0 Å². The standard InChI is InChI=1S/C15H26N2OS/c1-3-8-15(18,9-4-2)11-16-10-14-17-12-6-5-7-13(12)19-14/h16,18H,3-11H2,1-2H3. The molecule has 2 N–H and O–H groups in total. The van der Waals surface area contributed by atoms with Gasteiger partial charge in [-0.3, -0.25) is 0 Å². The Hall–Kier alpha value is -0.450. The summed E-state index contributed by atoms with van der Waals surface area (Å²) in [5.41, 5.74) is 0.780. The zero-order valence-electron chi connectivity index (χ0n) is 12.2. The fraction of sp³-hybridized carbons (Fsp3) is 0.800. The van der Waals surface area contributed by atoms with E-state index in [0.29, 0.717) is 6.54 Å². The number of aryl methyl sites for hydroxylation is 2. The smallest absolute Gasteiger partial charge is 0.107 e. The molecular weight excluding hydrogens is 256 g/mol. The number of hydrogen-bond acceptors (Lipinski definition) is 4. The molecule has 1 aliphatic carbocycles. The van der Waals surface area contributed by atoms with Crippen molar-refractivity contribution in [2.45, 2.75) is 70.9 Å². The van der Waals surface area contributed by atoms with Crippen molar-refractivity contribution in [2.75, 3.05) is 6.54 Å². The third-order valence-corrected chi connectivity index (χ3v) is 4.96. The molecule has 0 spiro atoms. The second kappa shape index (κ2) is 6.82. The van der Waals surface area contributed by atoms with Crippen LogP contribution >= 0.6 is 11.3 Å². The van der Waals surface area contributed by atoms with E-state index in [1.54, 1.807) is 0 Å². The molecule has 0 fully saturated rings. The highest BCUT2D eigenvalue weighted by Crippen LogP contribution is 2.27. The predicted octanol–water partition coefficient (Wildman–Crippen LogP) is 3.05. The van der Waals surface area contributed by atoms with Crippen molar-refractivity contribution >= 4 is 11.3 Å². The average Bonchev–Trinajstić information content (AvgIpc) is 2.90. The SMILES string of the molecule is CCCC(O)(CCC)CNCc1nc2c(s1)CCC2. The largest absolute Gasteiger partial charge is 0.389 e. The lowest BCUT2D eigenvalue weighted by atomic mass is 9.93. The number of hydrogen-bond donors (Lipinski definition) is 2. The maximum absolute atomic E-state index is 10.5. The highest BCUT2D eigenvalue weighted by molar-refractivity contribution is 7.11. The van der Waals surface area contributed by atoms with Gasteiger partial charge < -0.3 is 10.4 Å². The molecule has 0 radical (unpaired) electrons. The molecule has 19 heavy (non-hydrogen) atoms. The van der Waals surface area contributed by atoms with Crippen LogP contribution in [0, 0.1) is 0 Å². The first-order chi connectivity index (χ1) is 9.17. The summed E-state index contributed by atoms with van der Waals surface area (Å²) in [5, 5.41) is 15.1. The van der Waals surface area contributed by atoms with Gasteiger partial charge in [0, 0.05) is 18.0 Å². The minimum Gasteiger partial charge on any atom is -0.389 e. The Balaban J connectivity index is 1.80. The fourth-order valence-electron chi connectivity index (χ4n) is 2.95. The fourth-order valence-corrected chi connectivity index (χ4v) is 4.08. The summed E-state index contributed by atoms with van der Waals surface area (Å²) in [7, 11) is 0. The Kier molecular flexibility index (Phi) is 5.37. The van der Waals surface area contributed by atoms with E-state index in [4.69, 9.17) is 0 Å². The van der Waals surface area contributed by atoms with Gasteiger partial charge in [-0.25, -0.2) is 4.98 Å². The van der Waals surface area contributed by atoms with Crippen LogP contribution in [-0.4, -0.2) is 22.2 Å². The number of nitrogens with one attached hydrogen (secondary N) is 1. The van der Waals surface area contributed by atoms with E-state index in [0.717, 1.165) is 38.6 Å². The van der Waals surface area contributed by atoms with Crippen molar-refractivity contribution in [1.82, 2.24) is 10.3 Å². The Bertz CT molecular complexity index is 375. The van der Waals surface area contributed by atoms with Crippen LogP contribution in [0.5, 0.6) is 0 Å². The van der Waals surface area contributed by atoms with E-state index in [-0.39, 0.29) is 0 Å². The third-order valence-electron chi connectivity index (χ3n) is 3.80. The molecule has 1 aliphatic rings. The summed E-state index contributed by atoms with van der Waals surface area (Å²) in [6, 6.07) is 0. The highest BCUT2D eigenvalue weighted by Gasteiger charge is 2.24. The quantitative estimate of drug-likeness (QED) is 0.770. The lowest BCUT2D eigenvalue weighted by molar-refractivity contribution is 0.0215. The van der Waals surface area contributed by atoms with Crippen LogP contribution in [0.3, 0.4) is 0 Å². The monoisotopic (exact) mass is 282 g/mol. The van der Waals surface area contributed by atoms with Crippen LogP contribution in [0.2, 0.25) is 0 Å². The van der Waals surface area contributed by atoms with Crippen molar-refractivity contribution in [1.29, 1.82) is 0 Å². The summed E-state index contributed by atoms with van der Waals surface area (Å²) in [6.45, 7) is 5.74. The van der Waals surface area contributed by atoms with Gasteiger partial charge >= 0.3 is 0 Å². The number of rotatable bonds is 8. The van der Waals surface area contributed by atoms with Gasteiger partial charge in [0.25, 0.3) is 0 Å².